The van der Waals surface area contributed by atoms with Crippen molar-refractivity contribution >= 4 is 11.7 Å². The standard InChI is InChI=1S/C28H34N2O4/c1-32-26-19-23-21(18-25(26)29-13-15-33-16-14-29)17-24-22-9-5-6-10-28(22,23)11-12-30(24)34-27(31)20-7-3-2-4-8-20/h2-4,7-8,18-19,22,24H,5-6,9-17H2,1H3/t22-,24+,28+/m1/s1. The van der Waals surface area contributed by atoms with Crippen molar-refractivity contribution in [3.05, 3.63) is 59.2 Å². The number of anilines is 1. The van der Waals surface area contributed by atoms with Gasteiger partial charge in [-0.3, -0.25) is 0 Å². The van der Waals surface area contributed by atoms with Gasteiger partial charge in [0.15, 0.2) is 0 Å². The zero-order valence-electron chi connectivity index (χ0n) is 20.0. The number of piperidine rings is 1. The summed E-state index contributed by atoms with van der Waals surface area (Å²) in [5.41, 5.74) is 4.81. The van der Waals surface area contributed by atoms with Crippen LogP contribution in [0, 0.1) is 5.92 Å². The Morgan fingerprint density at radius 1 is 1.06 bits per heavy atom. The Hall–Kier alpha value is -2.57. The second-order valence-electron chi connectivity index (χ2n) is 10.2. The van der Waals surface area contributed by atoms with Crippen molar-refractivity contribution in [2.24, 2.45) is 5.92 Å². The maximum atomic E-state index is 12.9. The first-order chi connectivity index (χ1) is 16.7. The second kappa shape index (κ2) is 8.90. The van der Waals surface area contributed by atoms with Crippen LogP contribution in [-0.2, 0) is 21.4 Å². The fraction of sp³-hybridized carbons (Fsp3) is 0.536. The van der Waals surface area contributed by atoms with Crippen LogP contribution in [0.2, 0.25) is 0 Å². The smallest absolute Gasteiger partial charge is 0.357 e. The summed E-state index contributed by atoms with van der Waals surface area (Å²) in [4.78, 5) is 21.4. The molecule has 34 heavy (non-hydrogen) atoms. The van der Waals surface area contributed by atoms with Crippen LogP contribution in [0.5, 0.6) is 5.75 Å². The maximum absolute atomic E-state index is 12.9. The van der Waals surface area contributed by atoms with E-state index in [9.17, 15) is 4.79 Å². The molecule has 0 spiro atoms. The van der Waals surface area contributed by atoms with E-state index in [0.29, 0.717) is 11.5 Å². The summed E-state index contributed by atoms with van der Waals surface area (Å²) in [5.74, 6) is 1.24. The lowest BCUT2D eigenvalue weighted by atomic mass is 9.52. The molecule has 2 saturated heterocycles. The van der Waals surface area contributed by atoms with Crippen molar-refractivity contribution in [1.29, 1.82) is 0 Å². The van der Waals surface area contributed by atoms with E-state index in [0.717, 1.165) is 51.4 Å². The number of benzene rings is 2. The zero-order chi connectivity index (χ0) is 23.1. The van der Waals surface area contributed by atoms with Gasteiger partial charge in [-0.1, -0.05) is 31.0 Å². The molecule has 3 atom stereocenters. The Balaban J connectivity index is 1.36. The molecule has 4 aliphatic rings. The van der Waals surface area contributed by atoms with Crippen LogP contribution < -0.4 is 9.64 Å². The van der Waals surface area contributed by atoms with Crippen molar-refractivity contribution in [2.75, 3.05) is 44.9 Å². The van der Waals surface area contributed by atoms with Gasteiger partial charge in [0.1, 0.15) is 5.75 Å². The number of carbonyl (C=O) groups is 1. The van der Waals surface area contributed by atoms with E-state index in [1.165, 1.54) is 42.5 Å². The quantitative estimate of drug-likeness (QED) is 0.673. The van der Waals surface area contributed by atoms with Gasteiger partial charge >= 0.3 is 5.97 Å². The van der Waals surface area contributed by atoms with Crippen LogP contribution in [0.4, 0.5) is 5.69 Å². The predicted octanol–water partition coefficient (Wildman–Crippen LogP) is 4.36. The highest BCUT2D eigenvalue weighted by Crippen LogP contribution is 2.57. The lowest BCUT2D eigenvalue weighted by Gasteiger charge is -2.58. The largest absolute Gasteiger partial charge is 0.495 e. The summed E-state index contributed by atoms with van der Waals surface area (Å²) in [6.45, 7) is 4.04. The molecule has 2 aliphatic heterocycles. The number of hydrogen-bond donors (Lipinski definition) is 0. The molecule has 6 heteroatoms. The molecule has 2 aromatic carbocycles. The van der Waals surface area contributed by atoms with E-state index in [2.05, 4.69) is 17.0 Å². The third-order valence-corrected chi connectivity index (χ3v) is 8.64. The molecule has 2 aliphatic carbocycles. The molecule has 0 N–H and O–H groups in total. The van der Waals surface area contributed by atoms with Gasteiger partial charge in [-0.25, -0.2) is 4.79 Å². The molecular weight excluding hydrogens is 428 g/mol. The fourth-order valence-electron chi connectivity index (χ4n) is 7.06. The highest BCUT2D eigenvalue weighted by molar-refractivity contribution is 5.89. The lowest BCUT2D eigenvalue weighted by molar-refractivity contribution is -0.190. The van der Waals surface area contributed by atoms with Gasteiger partial charge in [0.05, 0.1) is 37.6 Å². The van der Waals surface area contributed by atoms with Crippen LogP contribution in [0.15, 0.2) is 42.5 Å². The number of methoxy groups -OCH3 is 1. The average molecular weight is 463 g/mol. The molecule has 2 aromatic rings. The molecule has 0 aromatic heterocycles. The number of carbonyl (C=O) groups excluding carboxylic acids is 1. The van der Waals surface area contributed by atoms with Crippen LogP contribution in [0.25, 0.3) is 0 Å². The number of hydroxylamine groups is 2. The average Bonchev–Trinajstić information content (AvgIpc) is 2.90. The Labute approximate surface area is 201 Å². The molecular formula is C28H34N2O4. The summed E-state index contributed by atoms with van der Waals surface area (Å²) >= 11 is 0. The number of ether oxygens (including phenoxy) is 2. The van der Waals surface area contributed by atoms with Gasteiger partial charge in [0.25, 0.3) is 0 Å². The molecule has 180 valence electrons. The number of hydrogen-bond acceptors (Lipinski definition) is 6. The maximum Gasteiger partial charge on any atom is 0.357 e. The highest BCUT2D eigenvalue weighted by atomic mass is 16.7. The molecule has 6 nitrogen and oxygen atoms in total. The number of fused-ring (bicyclic) bond motifs is 1. The summed E-state index contributed by atoms with van der Waals surface area (Å²) in [7, 11) is 1.79. The van der Waals surface area contributed by atoms with E-state index in [1.807, 2.05) is 35.4 Å². The summed E-state index contributed by atoms with van der Waals surface area (Å²) < 4.78 is 11.5. The predicted molar refractivity (Wildman–Crippen MR) is 130 cm³/mol. The minimum absolute atomic E-state index is 0.156. The molecule has 2 heterocycles. The van der Waals surface area contributed by atoms with Crippen molar-refractivity contribution < 1.29 is 19.1 Å². The summed E-state index contributed by atoms with van der Waals surface area (Å²) in [6.07, 6.45) is 6.84. The van der Waals surface area contributed by atoms with Crippen LogP contribution in [-0.4, -0.2) is 57.0 Å². The SMILES string of the molecule is COc1cc2c(cc1N1CCOCC1)C[C@H]1[C@H]3CCCC[C@@]23CCN1OC(=O)c1ccccc1. The minimum Gasteiger partial charge on any atom is -0.495 e. The van der Waals surface area contributed by atoms with Crippen molar-refractivity contribution in [3.8, 4) is 5.75 Å². The topological polar surface area (TPSA) is 51.2 Å². The van der Waals surface area contributed by atoms with Crippen LogP contribution in [0.3, 0.4) is 0 Å². The first-order valence-electron chi connectivity index (χ1n) is 12.8. The molecule has 0 unspecified atom stereocenters. The van der Waals surface area contributed by atoms with E-state index < -0.39 is 0 Å². The first-order valence-corrected chi connectivity index (χ1v) is 12.8. The number of rotatable bonds is 4. The van der Waals surface area contributed by atoms with Gasteiger partial charge in [-0.05, 0) is 67.0 Å². The Bertz CT molecular complexity index is 1050. The van der Waals surface area contributed by atoms with Gasteiger partial charge in [0.2, 0.25) is 0 Å². The van der Waals surface area contributed by atoms with Crippen molar-refractivity contribution in [2.45, 2.75) is 50.0 Å². The van der Waals surface area contributed by atoms with E-state index >= 15 is 0 Å². The van der Waals surface area contributed by atoms with E-state index in [1.54, 1.807) is 7.11 Å². The lowest BCUT2D eigenvalue weighted by Crippen LogP contribution is -2.61. The van der Waals surface area contributed by atoms with Gasteiger partial charge in [0, 0.05) is 25.0 Å². The minimum atomic E-state index is -0.251. The van der Waals surface area contributed by atoms with E-state index in [4.69, 9.17) is 14.3 Å². The third kappa shape index (κ3) is 3.59. The summed E-state index contributed by atoms with van der Waals surface area (Å²) in [6, 6.07) is 14.3. The fourth-order valence-corrected chi connectivity index (χ4v) is 7.06. The Kier molecular flexibility index (Phi) is 5.74. The number of morpholine rings is 1. The Morgan fingerprint density at radius 2 is 1.88 bits per heavy atom. The molecule has 6 rings (SSSR count). The molecule has 2 bridgehead atoms. The normalized spacial score (nSPS) is 28.6. The zero-order valence-corrected chi connectivity index (χ0v) is 20.0. The molecule has 3 fully saturated rings. The first kappa shape index (κ1) is 21.9. The van der Waals surface area contributed by atoms with E-state index in [-0.39, 0.29) is 17.4 Å². The highest BCUT2D eigenvalue weighted by Gasteiger charge is 2.55. The Morgan fingerprint density at radius 3 is 2.68 bits per heavy atom. The summed E-state index contributed by atoms with van der Waals surface area (Å²) in [5, 5.41) is 2.02. The van der Waals surface area contributed by atoms with Crippen LogP contribution in [0.1, 0.15) is 53.6 Å². The second-order valence-corrected chi connectivity index (χ2v) is 10.2. The van der Waals surface area contributed by atoms with Crippen molar-refractivity contribution in [3.63, 3.8) is 0 Å². The van der Waals surface area contributed by atoms with Gasteiger partial charge < -0.3 is 19.2 Å². The molecule has 0 amide bonds. The van der Waals surface area contributed by atoms with Crippen LogP contribution >= 0.6 is 0 Å². The van der Waals surface area contributed by atoms with Gasteiger partial charge in [-0.2, -0.15) is 0 Å². The molecule has 0 radical (unpaired) electrons. The van der Waals surface area contributed by atoms with Crippen molar-refractivity contribution in [1.82, 2.24) is 5.06 Å². The molecule has 1 saturated carbocycles. The number of nitrogens with zero attached hydrogens (tertiary/aromatic N) is 2. The van der Waals surface area contributed by atoms with Gasteiger partial charge in [-0.15, -0.1) is 5.06 Å². The monoisotopic (exact) mass is 462 g/mol. The third-order valence-electron chi connectivity index (χ3n) is 8.64.